The van der Waals surface area contributed by atoms with E-state index in [9.17, 15) is 4.79 Å². The molecule has 2 saturated carbocycles. The first-order valence-electron chi connectivity index (χ1n) is 10.7. The van der Waals surface area contributed by atoms with Crippen LogP contribution in [0.4, 0.5) is 0 Å². The molecule has 0 aromatic carbocycles. The van der Waals surface area contributed by atoms with Crippen LogP contribution in [0.2, 0.25) is 0 Å². The van der Waals surface area contributed by atoms with Gasteiger partial charge >= 0.3 is 5.97 Å². The molecule has 0 unspecified atom stereocenters. The van der Waals surface area contributed by atoms with Crippen LogP contribution in [0.5, 0.6) is 0 Å². The minimum Gasteiger partial charge on any atom is -0.459 e. The lowest BCUT2D eigenvalue weighted by molar-refractivity contribution is -0.146. The van der Waals surface area contributed by atoms with Crippen LogP contribution in [0.25, 0.3) is 0 Å². The summed E-state index contributed by atoms with van der Waals surface area (Å²) in [5.41, 5.74) is 0.500. The molecule has 0 heterocycles. The number of hydrogen-bond donors (Lipinski definition) is 0. The van der Waals surface area contributed by atoms with E-state index in [1.54, 1.807) is 7.11 Å². The molecule has 0 aromatic heterocycles. The predicted molar refractivity (Wildman–Crippen MR) is 110 cm³/mol. The van der Waals surface area contributed by atoms with E-state index in [2.05, 4.69) is 13.5 Å². The Labute approximate surface area is 164 Å². The first kappa shape index (κ1) is 21.8. The van der Waals surface area contributed by atoms with E-state index in [-0.39, 0.29) is 12.1 Å². The molecule has 0 aromatic rings. The summed E-state index contributed by atoms with van der Waals surface area (Å²) < 4.78 is 10.6. The summed E-state index contributed by atoms with van der Waals surface area (Å²) in [6, 6.07) is 0. The summed E-state index contributed by atoms with van der Waals surface area (Å²) in [6.45, 7) is 6.09. The Morgan fingerprint density at radius 2 is 1.62 bits per heavy atom. The maximum absolute atomic E-state index is 12.1. The van der Waals surface area contributed by atoms with Gasteiger partial charge in [-0.3, -0.25) is 0 Å². The average Bonchev–Trinajstić information content (AvgIpc) is 2.67. The van der Waals surface area contributed by atoms with Gasteiger partial charge in [-0.15, -0.1) is 0 Å². The van der Waals surface area contributed by atoms with Crippen LogP contribution in [0.1, 0.15) is 84.0 Å². The molecule has 0 aliphatic heterocycles. The fraction of sp³-hybridized carbons (Fsp3) is 0.864. The zero-order valence-electron chi connectivity index (χ0n) is 16.8. The molecule has 4 heteroatoms. The molecule has 2 rings (SSSR count). The standard InChI is InChI=1S/C22H38O3S/c1-4-5-6-7-18-8-10-19(11-9-18)20-12-14-21(15-13-20)25-22(23)17(2)16-26-24-3/h18-21H,2,4-16H2,1,3H3. The van der Waals surface area contributed by atoms with E-state index in [1.807, 2.05) is 0 Å². The molecule has 0 amide bonds. The molecular weight excluding hydrogens is 344 g/mol. The van der Waals surface area contributed by atoms with Crippen LogP contribution < -0.4 is 0 Å². The summed E-state index contributed by atoms with van der Waals surface area (Å²) in [6.07, 6.45) is 16.0. The highest BCUT2D eigenvalue weighted by Crippen LogP contribution is 2.41. The SMILES string of the molecule is C=C(CSOC)C(=O)OC1CCC(C2CCC(CCCCC)CC2)CC1. The van der Waals surface area contributed by atoms with Gasteiger partial charge < -0.3 is 8.92 Å². The summed E-state index contributed by atoms with van der Waals surface area (Å²) in [4.78, 5) is 12.1. The Morgan fingerprint density at radius 1 is 1.00 bits per heavy atom. The lowest BCUT2D eigenvalue weighted by Gasteiger charge is -2.37. The van der Waals surface area contributed by atoms with Crippen molar-refractivity contribution < 1.29 is 13.7 Å². The molecule has 26 heavy (non-hydrogen) atoms. The van der Waals surface area contributed by atoms with E-state index < -0.39 is 0 Å². The zero-order chi connectivity index (χ0) is 18.8. The van der Waals surface area contributed by atoms with Crippen LogP contribution in [0.3, 0.4) is 0 Å². The first-order valence-corrected chi connectivity index (χ1v) is 11.6. The van der Waals surface area contributed by atoms with Gasteiger partial charge in [-0.25, -0.2) is 4.79 Å². The number of unbranched alkanes of at least 4 members (excludes halogenated alkanes) is 2. The highest BCUT2D eigenvalue weighted by atomic mass is 32.2. The van der Waals surface area contributed by atoms with Gasteiger partial charge in [-0.1, -0.05) is 52.0 Å². The summed E-state index contributed by atoms with van der Waals surface area (Å²) in [5, 5.41) is 0. The van der Waals surface area contributed by atoms with Crippen molar-refractivity contribution >= 4 is 18.0 Å². The zero-order valence-corrected chi connectivity index (χ0v) is 17.7. The van der Waals surface area contributed by atoms with Crippen molar-refractivity contribution in [2.75, 3.05) is 12.9 Å². The van der Waals surface area contributed by atoms with Gasteiger partial charge in [0.25, 0.3) is 0 Å². The highest BCUT2D eigenvalue weighted by molar-refractivity contribution is 7.94. The van der Waals surface area contributed by atoms with E-state index in [1.165, 1.54) is 76.3 Å². The van der Waals surface area contributed by atoms with Crippen molar-refractivity contribution in [2.24, 2.45) is 17.8 Å². The number of rotatable bonds is 10. The van der Waals surface area contributed by atoms with Gasteiger partial charge in [0, 0.05) is 5.57 Å². The molecule has 3 nitrogen and oxygen atoms in total. The lowest BCUT2D eigenvalue weighted by Crippen LogP contribution is -2.30. The summed E-state index contributed by atoms with van der Waals surface area (Å²) in [7, 11) is 1.60. The third-order valence-corrected chi connectivity index (χ3v) is 7.11. The quantitative estimate of drug-likeness (QED) is 0.191. The molecule has 2 aliphatic rings. The second-order valence-electron chi connectivity index (χ2n) is 8.25. The van der Waals surface area contributed by atoms with Gasteiger partial charge in [0.15, 0.2) is 0 Å². The van der Waals surface area contributed by atoms with Crippen molar-refractivity contribution in [3.8, 4) is 0 Å². The molecule has 2 aliphatic carbocycles. The minimum atomic E-state index is -0.245. The Bertz CT molecular complexity index is 421. The van der Waals surface area contributed by atoms with Crippen LogP contribution in [0, 0.1) is 17.8 Å². The topological polar surface area (TPSA) is 35.5 Å². The number of hydrogen-bond acceptors (Lipinski definition) is 4. The van der Waals surface area contributed by atoms with E-state index >= 15 is 0 Å². The molecule has 0 spiro atoms. The smallest absolute Gasteiger partial charge is 0.334 e. The second-order valence-corrected chi connectivity index (χ2v) is 9.11. The Balaban J connectivity index is 1.63. The van der Waals surface area contributed by atoms with Crippen molar-refractivity contribution in [2.45, 2.75) is 90.1 Å². The molecule has 0 atom stereocenters. The van der Waals surface area contributed by atoms with Crippen molar-refractivity contribution in [1.82, 2.24) is 0 Å². The average molecular weight is 383 g/mol. The van der Waals surface area contributed by atoms with Crippen molar-refractivity contribution in [3.05, 3.63) is 12.2 Å². The predicted octanol–water partition coefficient (Wildman–Crippen LogP) is 6.33. The lowest BCUT2D eigenvalue weighted by atomic mass is 9.70. The molecular formula is C22H38O3S. The Hall–Kier alpha value is -0.480. The highest BCUT2D eigenvalue weighted by Gasteiger charge is 2.32. The molecule has 0 saturated heterocycles. The number of carbonyl (C=O) groups is 1. The van der Waals surface area contributed by atoms with Crippen LogP contribution in [0.15, 0.2) is 12.2 Å². The maximum atomic E-state index is 12.1. The maximum Gasteiger partial charge on any atom is 0.334 e. The first-order chi connectivity index (χ1) is 12.6. The van der Waals surface area contributed by atoms with Gasteiger partial charge in [0.1, 0.15) is 6.10 Å². The van der Waals surface area contributed by atoms with Crippen LogP contribution in [-0.4, -0.2) is 24.9 Å². The summed E-state index contributed by atoms with van der Waals surface area (Å²) >= 11 is 1.23. The van der Waals surface area contributed by atoms with E-state index in [0.717, 1.165) is 30.6 Å². The molecule has 2 fully saturated rings. The van der Waals surface area contributed by atoms with E-state index in [0.29, 0.717) is 11.3 Å². The molecule has 0 radical (unpaired) electrons. The molecule has 0 N–H and O–H groups in total. The monoisotopic (exact) mass is 382 g/mol. The number of esters is 1. The number of ether oxygens (including phenoxy) is 1. The summed E-state index contributed by atoms with van der Waals surface area (Å²) in [5.74, 6) is 3.00. The third kappa shape index (κ3) is 7.26. The molecule has 0 bridgehead atoms. The molecule has 150 valence electrons. The van der Waals surface area contributed by atoms with Gasteiger partial charge in [0.2, 0.25) is 0 Å². The third-order valence-electron chi connectivity index (χ3n) is 6.41. The largest absolute Gasteiger partial charge is 0.459 e. The van der Waals surface area contributed by atoms with Crippen molar-refractivity contribution in [3.63, 3.8) is 0 Å². The second kappa shape index (κ2) is 12.1. The minimum absolute atomic E-state index is 0.0911. The van der Waals surface area contributed by atoms with E-state index in [4.69, 9.17) is 8.92 Å². The normalized spacial score (nSPS) is 29.3. The fourth-order valence-electron chi connectivity index (χ4n) is 4.73. The Kier molecular flexibility index (Phi) is 10.1. The fourth-order valence-corrected chi connectivity index (χ4v) is 5.11. The van der Waals surface area contributed by atoms with Gasteiger partial charge in [0.05, 0.1) is 12.9 Å². The number of carbonyl (C=O) groups excluding carboxylic acids is 1. The van der Waals surface area contributed by atoms with Crippen LogP contribution in [-0.2, 0) is 13.7 Å². The Morgan fingerprint density at radius 3 is 2.19 bits per heavy atom. The van der Waals surface area contributed by atoms with Gasteiger partial charge in [-0.2, -0.15) is 0 Å². The van der Waals surface area contributed by atoms with Gasteiger partial charge in [-0.05, 0) is 68.3 Å². The van der Waals surface area contributed by atoms with Crippen LogP contribution >= 0.6 is 12.0 Å². The van der Waals surface area contributed by atoms with Crippen molar-refractivity contribution in [1.29, 1.82) is 0 Å².